The molecule has 0 unspecified atom stereocenters. The van der Waals surface area contributed by atoms with Gasteiger partial charge in [0.15, 0.2) is 5.78 Å². The van der Waals surface area contributed by atoms with Gasteiger partial charge in [-0.2, -0.15) is 5.10 Å². The van der Waals surface area contributed by atoms with Gasteiger partial charge in [0.25, 0.3) is 0 Å². The van der Waals surface area contributed by atoms with Crippen LogP contribution in [0, 0.1) is 6.92 Å². The maximum Gasteiger partial charge on any atom is 1.00 e. The van der Waals surface area contributed by atoms with Crippen molar-refractivity contribution in [2.24, 2.45) is 7.05 Å². The van der Waals surface area contributed by atoms with Gasteiger partial charge in [-0.25, -0.2) is 0 Å². The van der Waals surface area contributed by atoms with E-state index < -0.39 is 0 Å². The molecule has 0 saturated heterocycles. The molecule has 0 bridgehead atoms. The van der Waals surface area contributed by atoms with Crippen molar-refractivity contribution < 1.29 is 39.5 Å². The first-order chi connectivity index (χ1) is 5.65. The fraction of sp³-hybridized carbons (Fsp3) is 0.250. The molecule has 0 fully saturated rings. The summed E-state index contributed by atoms with van der Waals surface area (Å²) in [7, 11) is 1.73. The number of allylic oxidation sites excluding steroid dienone is 1. The van der Waals surface area contributed by atoms with Crippen LogP contribution in [0.1, 0.15) is 16.1 Å². The summed E-state index contributed by atoms with van der Waals surface area (Å²) in [4.78, 5) is 11.1. The van der Waals surface area contributed by atoms with E-state index in [0.29, 0.717) is 17.5 Å². The van der Waals surface area contributed by atoms with Crippen LogP contribution in [0.4, 0.5) is 0 Å². The third-order valence-electron chi connectivity index (χ3n) is 1.50. The Morgan fingerprint density at radius 1 is 1.69 bits per heavy atom. The molecule has 0 aliphatic carbocycles. The Labute approximate surface area is 98.5 Å². The van der Waals surface area contributed by atoms with Crippen molar-refractivity contribution in [2.45, 2.75) is 6.92 Å². The summed E-state index contributed by atoms with van der Waals surface area (Å²) >= 11 is 0. The number of hydrogen-bond acceptors (Lipinski definition) is 3. The molecular formula is C8H9N2NaO2. The van der Waals surface area contributed by atoms with Gasteiger partial charge in [-0.05, 0) is 13.0 Å². The second-order valence-corrected chi connectivity index (χ2v) is 2.47. The monoisotopic (exact) mass is 188 g/mol. The number of nitrogens with zero attached hydrogens (tertiary/aromatic N) is 2. The normalized spacial score (nSPS) is 10.0. The molecule has 0 aromatic carbocycles. The molecular weight excluding hydrogens is 179 g/mol. The minimum atomic E-state index is -0.296. The van der Waals surface area contributed by atoms with E-state index in [2.05, 4.69) is 5.10 Å². The molecule has 0 spiro atoms. The Morgan fingerprint density at radius 2 is 2.31 bits per heavy atom. The molecule has 1 heterocycles. The van der Waals surface area contributed by atoms with Crippen molar-refractivity contribution >= 4 is 5.78 Å². The van der Waals surface area contributed by atoms with Gasteiger partial charge < -0.3 is 5.11 Å². The third-order valence-corrected chi connectivity index (χ3v) is 1.50. The van der Waals surface area contributed by atoms with Gasteiger partial charge in [0.2, 0.25) is 0 Å². The average Bonchev–Trinajstić information content (AvgIpc) is 2.30. The smallest absolute Gasteiger partial charge is 0.878 e. The van der Waals surface area contributed by atoms with Crippen LogP contribution in [0.3, 0.4) is 0 Å². The molecule has 5 heteroatoms. The van der Waals surface area contributed by atoms with E-state index in [1.165, 1.54) is 0 Å². The first kappa shape index (κ1) is 12.4. The Balaban J connectivity index is 0.00000144. The Bertz CT molecular complexity index is 331. The Morgan fingerprint density at radius 3 is 2.69 bits per heavy atom. The van der Waals surface area contributed by atoms with Gasteiger partial charge in [-0.15, -0.1) is 6.26 Å². The predicted molar refractivity (Wildman–Crippen MR) is 41.4 cm³/mol. The maximum atomic E-state index is 11.1. The maximum absolute atomic E-state index is 11.1. The molecule has 0 amide bonds. The first-order valence-electron chi connectivity index (χ1n) is 3.48. The zero-order valence-electron chi connectivity index (χ0n) is 7.94. The van der Waals surface area contributed by atoms with E-state index >= 15 is 0 Å². The largest absolute Gasteiger partial charge is 1.00 e. The molecule has 0 aliphatic heterocycles. The minimum Gasteiger partial charge on any atom is -0.878 e. The van der Waals surface area contributed by atoms with Crippen molar-refractivity contribution in [1.29, 1.82) is 0 Å². The molecule has 1 aromatic heterocycles. The summed E-state index contributed by atoms with van der Waals surface area (Å²) in [5.74, 6) is -0.296. The summed E-state index contributed by atoms with van der Waals surface area (Å²) in [6, 6.07) is 0. The van der Waals surface area contributed by atoms with Crippen LogP contribution in [-0.2, 0) is 7.05 Å². The fourth-order valence-electron chi connectivity index (χ4n) is 0.993. The van der Waals surface area contributed by atoms with E-state index in [1.54, 1.807) is 24.9 Å². The summed E-state index contributed by atoms with van der Waals surface area (Å²) in [6.07, 6.45) is 3.07. The van der Waals surface area contributed by atoms with E-state index in [1.807, 2.05) is 0 Å². The van der Waals surface area contributed by atoms with Gasteiger partial charge in [0, 0.05) is 13.2 Å². The minimum absolute atomic E-state index is 0. The molecule has 0 aliphatic rings. The van der Waals surface area contributed by atoms with Gasteiger partial charge in [0.1, 0.15) is 0 Å². The van der Waals surface area contributed by atoms with Crippen molar-refractivity contribution in [3.8, 4) is 0 Å². The fourth-order valence-corrected chi connectivity index (χ4v) is 0.993. The standard InChI is InChI=1S/C8H10N2O2.Na/c1-6-7(5-10(2)9-6)8(12)3-4-11;/h3-5,11H,1-2H3;/q;+1/p-1. The number of ketones is 1. The predicted octanol–water partition coefficient (Wildman–Crippen LogP) is -3.21. The Hall–Kier alpha value is -0.580. The number of rotatable bonds is 2. The summed E-state index contributed by atoms with van der Waals surface area (Å²) in [6.45, 7) is 1.73. The van der Waals surface area contributed by atoms with Crippen molar-refractivity contribution in [3.05, 3.63) is 29.8 Å². The number of aryl methyl sites for hydroxylation is 2. The number of carbonyl (C=O) groups excluding carboxylic acids is 1. The summed E-state index contributed by atoms with van der Waals surface area (Å²) in [5, 5.41) is 14.0. The van der Waals surface area contributed by atoms with Gasteiger partial charge >= 0.3 is 29.6 Å². The molecule has 1 rings (SSSR count). The molecule has 64 valence electrons. The van der Waals surface area contributed by atoms with Gasteiger partial charge in [-0.3, -0.25) is 9.48 Å². The van der Waals surface area contributed by atoms with E-state index in [9.17, 15) is 9.90 Å². The van der Waals surface area contributed by atoms with Crippen molar-refractivity contribution in [1.82, 2.24) is 9.78 Å². The second kappa shape index (κ2) is 5.21. The van der Waals surface area contributed by atoms with Crippen molar-refractivity contribution in [3.63, 3.8) is 0 Å². The van der Waals surface area contributed by atoms with Crippen LogP contribution >= 0.6 is 0 Å². The molecule has 0 radical (unpaired) electrons. The summed E-state index contributed by atoms with van der Waals surface area (Å²) < 4.78 is 1.54. The molecule has 4 nitrogen and oxygen atoms in total. The van der Waals surface area contributed by atoms with Crippen LogP contribution in [0.2, 0.25) is 0 Å². The number of carbonyl (C=O) groups is 1. The first-order valence-corrected chi connectivity index (χ1v) is 3.48. The van der Waals surface area contributed by atoms with Crippen LogP contribution in [0.5, 0.6) is 0 Å². The molecule has 0 atom stereocenters. The van der Waals surface area contributed by atoms with E-state index in [4.69, 9.17) is 0 Å². The topological polar surface area (TPSA) is 58.0 Å². The van der Waals surface area contributed by atoms with Gasteiger partial charge in [0.05, 0.1) is 11.3 Å². The molecule has 13 heavy (non-hydrogen) atoms. The van der Waals surface area contributed by atoms with Crippen molar-refractivity contribution in [2.75, 3.05) is 0 Å². The number of aromatic nitrogens is 2. The third kappa shape index (κ3) is 2.99. The summed E-state index contributed by atoms with van der Waals surface area (Å²) in [5.41, 5.74) is 1.12. The van der Waals surface area contributed by atoms with Crippen LogP contribution < -0.4 is 34.7 Å². The SMILES string of the molecule is Cc1nn(C)cc1C(=O)C=C[O-].[Na+]. The average molecular weight is 188 g/mol. The van der Waals surface area contributed by atoms with E-state index in [0.717, 1.165) is 6.08 Å². The van der Waals surface area contributed by atoms with E-state index in [-0.39, 0.29) is 35.3 Å². The molecule has 0 saturated carbocycles. The molecule has 0 N–H and O–H groups in total. The van der Waals surface area contributed by atoms with Crippen LogP contribution in [0.25, 0.3) is 0 Å². The Kier molecular flexibility index (Phi) is 4.98. The quantitative estimate of drug-likeness (QED) is 0.212. The molecule has 1 aromatic rings. The number of hydrogen-bond donors (Lipinski definition) is 0. The zero-order chi connectivity index (χ0) is 9.14. The zero-order valence-corrected chi connectivity index (χ0v) is 9.94. The van der Waals surface area contributed by atoms with Gasteiger partial charge in [-0.1, -0.05) is 0 Å². The van der Waals surface area contributed by atoms with Crippen LogP contribution in [-0.4, -0.2) is 15.6 Å². The van der Waals surface area contributed by atoms with Crippen LogP contribution in [0.15, 0.2) is 18.5 Å². The second-order valence-electron chi connectivity index (χ2n) is 2.47.